The molecule has 0 fully saturated rings. The van der Waals surface area contributed by atoms with E-state index in [0.717, 1.165) is 28.0 Å². The van der Waals surface area contributed by atoms with Crippen LogP contribution in [0.5, 0.6) is 0 Å². The van der Waals surface area contributed by atoms with Crippen LogP contribution in [0.15, 0.2) is 77.6 Å². The molecule has 6 nitrogen and oxygen atoms in total. The fraction of sp³-hybridized carbons (Fsp3) is 0.0476. The van der Waals surface area contributed by atoms with Crippen molar-refractivity contribution in [3.05, 3.63) is 93.6 Å². The highest BCUT2D eigenvalue weighted by Gasteiger charge is 2.20. The number of aromatic nitrogens is 1. The first kappa shape index (κ1) is 19.3. The van der Waals surface area contributed by atoms with Crippen molar-refractivity contribution in [3.63, 3.8) is 0 Å². The van der Waals surface area contributed by atoms with Crippen molar-refractivity contribution in [2.75, 3.05) is 5.32 Å². The zero-order valence-corrected chi connectivity index (χ0v) is 15.8. The zero-order chi connectivity index (χ0) is 18.8. The van der Waals surface area contributed by atoms with Crippen molar-refractivity contribution in [3.8, 4) is 0 Å². The lowest BCUT2D eigenvalue weighted by Gasteiger charge is -2.09. The van der Waals surface area contributed by atoms with Crippen molar-refractivity contribution in [1.82, 2.24) is 10.7 Å². The van der Waals surface area contributed by atoms with E-state index in [0.29, 0.717) is 17.1 Å². The SMILES string of the molecule is N.O=C(O)c1sc2c(ccc(=O)n2Cc2ccccc2)c1Nc1ccccc1. The molecule has 4 rings (SSSR count). The summed E-state index contributed by atoms with van der Waals surface area (Å²) in [5.41, 5.74) is 2.13. The van der Waals surface area contributed by atoms with Gasteiger partial charge in [-0.05, 0) is 23.8 Å². The molecule has 2 heterocycles. The van der Waals surface area contributed by atoms with Crippen molar-refractivity contribution in [2.24, 2.45) is 0 Å². The number of thiophene rings is 1. The number of para-hydroxylation sites is 1. The van der Waals surface area contributed by atoms with Gasteiger partial charge in [0.05, 0.1) is 12.2 Å². The molecule has 5 N–H and O–H groups in total. The predicted molar refractivity (Wildman–Crippen MR) is 113 cm³/mol. The molecule has 0 bridgehead atoms. The summed E-state index contributed by atoms with van der Waals surface area (Å²) in [5, 5.41) is 13.6. The number of rotatable bonds is 5. The van der Waals surface area contributed by atoms with Gasteiger partial charge in [0.15, 0.2) is 0 Å². The van der Waals surface area contributed by atoms with E-state index < -0.39 is 5.97 Å². The van der Waals surface area contributed by atoms with Gasteiger partial charge in [-0.25, -0.2) is 4.79 Å². The van der Waals surface area contributed by atoms with Gasteiger partial charge in [-0.3, -0.25) is 9.36 Å². The van der Waals surface area contributed by atoms with E-state index in [4.69, 9.17) is 0 Å². The Kier molecular flexibility index (Phi) is 5.58. The van der Waals surface area contributed by atoms with E-state index in [1.807, 2.05) is 60.7 Å². The van der Waals surface area contributed by atoms with Gasteiger partial charge in [0.25, 0.3) is 5.56 Å². The Morgan fingerprint density at radius 3 is 2.25 bits per heavy atom. The molecule has 0 unspecified atom stereocenters. The highest BCUT2D eigenvalue weighted by atomic mass is 32.1. The van der Waals surface area contributed by atoms with E-state index >= 15 is 0 Å². The van der Waals surface area contributed by atoms with Crippen LogP contribution in [0.1, 0.15) is 15.2 Å². The molecule has 0 atom stereocenters. The summed E-state index contributed by atoms with van der Waals surface area (Å²) in [6, 6.07) is 22.2. The topological polar surface area (TPSA) is 106 Å². The lowest BCUT2D eigenvalue weighted by molar-refractivity contribution is 0.0703. The first-order valence-electron chi connectivity index (χ1n) is 8.39. The van der Waals surface area contributed by atoms with Gasteiger partial charge in [0.1, 0.15) is 9.71 Å². The lowest BCUT2D eigenvalue weighted by Crippen LogP contribution is -2.19. The molecule has 4 aromatic rings. The monoisotopic (exact) mass is 393 g/mol. The summed E-state index contributed by atoms with van der Waals surface area (Å²) >= 11 is 1.11. The minimum Gasteiger partial charge on any atom is -0.477 e. The average Bonchev–Trinajstić information content (AvgIpc) is 3.05. The van der Waals surface area contributed by atoms with Crippen molar-refractivity contribution in [1.29, 1.82) is 0 Å². The van der Waals surface area contributed by atoms with E-state index in [9.17, 15) is 14.7 Å². The molecule has 7 heteroatoms. The molecule has 0 saturated heterocycles. The molecular weight excluding hydrogens is 374 g/mol. The fourth-order valence-electron chi connectivity index (χ4n) is 2.99. The number of nitrogens with zero attached hydrogens (tertiary/aromatic N) is 1. The number of fused-ring (bicyclic) bond motifs is 1. The first-order valence-corrected chi connectivity index (χ1v) is 9.21. The van der Waals surface area contributed by atoms with Gasteiger partial charge in [-0.1, -0.05) is 48.5 Å². The number of carbonyl (C=O) groups is 1. The number of hydrogen-bond acceptors (Lipinski definition) is 5. The minimum absolute atomic E-state index is 0. The third kappa shape index (κ3) is 3.66. The summed E-state index contributed by atoms with van der Waals surface area (Å²) in [6.07, 6.45) is 0. The summed E-state index contributed by atoms with van der Waals surface area (Å²) in [6.45, 7) is 0.390. The number of benzene rings is 2. The third-order valence-corrected chi connectivity index (χ3v) is 5.47. The van der Waals surface area contributed by atoms with E-state index in [-0.39, 0.29) is 16.6 Å². The van der Waals surface area contributed by atoms with Gasteiger partial charge in [-0.15, -0.1) is 11.3 Å². The maximum Gasteiger partial charge on any atom is 0.348 e. The molecule has 28 heavy (non-hydrogen) atoms. The van der Waals surface area contributed by atoms with Crippen LogP contribution in [0.25, 0.3) is 10.2 Å². The molecule has 0 spiro atoms. The maximum absolute atomic E-state index is 12.5. The van der Waals surface area contributed by atoms with Gasteiger partial charge in [-0.2, -0.15) is 0 Å². The van der Waals surface area contributed by atoms with Crippen molar-refractivity contribution < 1.29 is 9.90 Å². The summed E-state index contributed by atoms with van der Waals surface area (Å²) in [4.78, 5) is 25.1. The number of aromatic carboxylic acids is 1. The van der Waals surface area contributed by atoms with Crippen LogP contribution >= 0.6 is 11.3 Å². The van der Waals surface area contributed by atoms with E-state index in [1.54, 1.807) is 10.6 Å². The Morgan fingerprint density at radius 2 is 1.61 bits per heavy atom. The first-order chi connectivity index (χ1) is 13.1. The number of carboxylic acid groups (broad SMARTS) is 1. The van der Waals surface area contributed by atoms with Crippen molar-refractivity contribution >= 4 is 38.9 Å². The van der Waals surface area contributed by atoms with Crippen LogP contribution in [0.2, 0.25) is 0 Å². The second kappa shape index (κ2) is 8.08. The molecule has 2 aromatic carbocycles. The van der Waals surface area contributed by atoms with Crippen LogP contribution in [0.4, 0.5) is 11.4 Å². The smallest absolute Gasteiger partial charge is 0.348 e. The van der Waals surface area contributed by atoms with Gasteiger partial charge in [0.2, 0.25) is 0 Å². The minimum atomic E-state index is -1.02. The number of hydrogen-bond donors (Lipinski definition) is 3. The normalized spacial score (nSPS) is 10.4. The zero-order valence-electron chi connectivity index (χ0n) is 15.0. The highest BCUT2D eigenvalue weighted by molar-refractivity contribution is 7.21. The quantitative estimate of drug-likeness (QED) is 0.455. The average molecular weight is 393 g/mol. The van der Waals surface area contributed by atoms with Gasteiger partial charge in [0, 0.05) is 17.1 Å². The number of carboxylic acids is 1. The van der Waals surface area contributed by atoms with E-state index in [2.05, 4.69) is 5.32 Å². The number of nitrogens with one attached hydrogen (secondary N) is 1. The number of pyridine rings is 1. The number of anilines is 2. The molecule has 0 radical (unpaired) electrons. The Morgan fingerprint density at radius 1 is 0.964 bits per heavy atom. The summed E-state index contributed by atoms with van der Waals surface area (Å²) in [7, 11) is 0. The van der Waals surface area contributed by atoms with Crippen LogP contribution in [0.3, 0.4) is 0 Å². The van der Waals surface area contributed by atoms with E-state index in [1.165, 1.54) is 6.07 Å². The standard InChI is InChI=1S/C21H16N2O3S.H3N/c24-17-12-11-16-18(22-15-9-5-2-6-10-15)19(21(25)26)27-20(16)23(17)13-14-7-3-1-4-8-14;/h1-12,22H,13H2,(H,25,26);1H3. The molecular formula is C21H19N3O3S. The Hall–Kier alpha value is -3.42. The second-order valence-corrected chi connectivity index (χ2v) is 7.06. The second-order valence-electron chi connectivity index (χ2n) is 6.06. The van der Waals surface area contributed by atoms with Crippen LogP contribution in [-0.2, 0) is 6.54 Å². The van der Waals surface area contributed by atoms with Crippen molar-refractivity contribution in [2.45, 2.75) is 6.54 Å². The molecule has 0 amide bonds. The van der Waals surface area contributed by atoms with Gasteiger partial charge >= 0.3 is 5.97 Å². The van der Waals surface area contributed by atoms with Crippen LogP contribution < -0.4 is 17.0 Å². The fourth-order valence-corrected chi connectivity index (χ4v) is 4.08. The highest BCUT2D eigenvalue weighted by Crippen LogP contribution is 2.37. The van der Waals surface area contributed by atoms with Crippen LogP contribution in [-0.4, -0.2) is 15.6 Å². The van der Waals surface area contributed by atoms with Crippen LogP contribution in [0, 0.1) is 0 Å². The molecule has 2 aromatic heterocycles. The molecule has 0 aliphatic carbocycles. The van der Waals surface area contributed by atoms with Gasteiger partial charge < -0.3 is 16.6 Å². The largest absolute Gasteiger partial charge is 0.477 e. The molecule has 0 aliphatic rings. The third-order valence-electron chi connectivity index (χ3n) is 4.25. The molecule has 0 saturated carbocycles. The summed E-state index contributed by atoms with van der Waals surface area (Å²) in [5.74, 6) is -1.02. The summed E-state index contributed by atoms with van der Waals surface area (Å²) < 4.78 is 1.62. The lowest BCUT2D eigenvalue weighted by atomic mass is 10.2. The molecule has 0 aliphatic heterocycles. The molecule has 142 valence electrons. The Labute approximate surface area is 165 Å². The Balaban J connectivity index is 0.00000225. The predicted octanol–water partition coefficient (Wildman–Crippen LogP) is 4.72. The Bertz CT molecular complexity index is 1170. The maximum atomic E-state index is 12.5.